The second kappa shape index (κ2) is 7.61. The van der Waals surface area contributed by atoms with E-state index in [-0.39, 0.29) is 24.0 Å². The molecule has 1 aliphatic heterocycles. The largest absolute Gasteiger partial charge is 0.492 e. The van der Waals surface area contributed by atoms with Crippen molar-refractivity contribution in [1.82, 2.24) is 4.57 Å². The van der Waals surface area contributed by atoms with Crippen LogP contribution >= 0.6 is 0 Å². The molecule has 31 heavy (non-hydrogen) atoms. The van der Waals surface area contributed by atoms with E-state index in [9.17, 15) is 9.59 Å². The van der Waals surface area contributed by atoms with Crippen molar-refractivity contribution in [3.8, 4) is 22.6 Å². The molecule has 158 valence electrons. The average molecular weight is 417 g/mol. The first kappa shape index (κ1) is 19.4. The van der Waals surface area contributed by atoms with Crippen molar-refractivity contribution in [2.75, 3.05) is 6.61 Å². The summed E-state index contributed by atoms with van der Waals surface area (Å²) in [6, 6.07) is 15.5. The first-order chi connectivity index (χ1) is 15.0. The number of fused-ring (bicyclic) bond motifs is 2. The van der Waals surface area contributed by atoms with Crippen LogP contribution in [-0.4, -0.2) is 22.2 Å². The maximum Gasteiger partial charge on any atom is 0.304 e. The maximum absolute atomic E-state index is 12.1. The van der Waals surface area contributed by atoms with Gasteiger partial charge >= 0.3 is 5.97 Å². The van der Waals surface area contributed by atoms with Crippen LogP contribution in [0.5, 0.6) is 11.5 Å². The zero-order chi connectivity index (χ0) is 21.5. The van der Waals surface area contributed by atoms with Gasteiger partial charge in [0.1, 0.15) is 17.6 Å². The molecule has 0 bridgehead atoms. The minimum Gasteiger partial charge on any atom is -0.492 e. The van der Waals surface area contributed by atoms with Crippen LogP contribution in [0.15, 0.2) is 59.5 Å². The van der Waals surface area contributed by atoms with Crippen LogP contribution in [0.2, 0.25) is 0 Å². The van der Waals surface area contributed by atoms with Crippen molar-refractivity contribution in [2.45, 2.75) is 31.3 Å². The predicted molar refractivity (Wildman–Crippen MR) is 116 cm³/mol. The predicted octanol–water partition coefficient (Wildman–Crippen LogP) is 4.07. The quantitative estimate of drug-likeness (QED) is 0.677. The van der Waals surface area contributed by atoms with Gasteiger partial charge in [-0.25, -0.2) is 0 Å². The van der Waals surface area contributed by atoms with E-state index in [4.69, 9.17) is 14.6 Å². The van der Waals surface area contributed by atoms with Crippen LogP contribution in [0.1, 0.15) is 41.6 Å². The number of aliphatic carboxylic acids is 1. The monoisotopic (exact) mass is 417 g/mol. The van der Waals surface area contributed by atoms with Crippen molar-refractivity contribution < 1.29 is 19.4 Å². The van der Waals surface area contributed by atoms with Gasteiger partial charge in [-0.05, 0) is 47.2 Å². The zero-order valence-electron chi connectivity index (χ0n) is 17.2. The third-order valence-corrected chi connectivity index (χ3v) is 6.20. The third-order valence-electron chi connectivity index (χ3n) is 6.20. The number of carboxylic acids is 1. The van der Waals surface area contributed by atoms with Crippen LogP contribution in [0, 0.1) is 0 Å². The summed E-state index contributed by atoms with van der Waals surface area (Å²) >= 11 is 0. The van der Waals surface area contributed by atoms with E-state index in [0.29, 0.717) is 18.1 Å². The van der Waals surface area contributed by atoms with Crippen LogP contribution in [0.3, 0.4) is 0 Å². The molecule has 0 spiro atoms. The highest BCUT2D eigenvalue weighted by molar-refractivity contribution is 5.70. The number of rotatable bonds is 5. The molecule has 3 aromatic rings. The van der Waals surface area contributed by atoms with Crippen molar-refractivity contribution in [2.24, 2.45) is 7.05 Å². The Morgan fingerprint density at radius 1 is 1.19 bits per heavy atom. The van der Waals surface area contributed by atoms with E-state index in [1.165, 1.54) is 5.56 Å². The number of hydrogen-bond donors (Lipinski definition) is 1. The molecule has 1 N–H and O–H groups in total. The van der Waals surface area contributed by atoms with Gasteiger partial charge < -0.3 is 19.1 Å². The normalized spacial score (nSPS) is 18.9. The van der Waals surface area contributed by atoms with Crippen LogP contribution in [0.4, 0.5) is 0 Å². The van der Waals surface area contributed by atoms with Crippen LogP contribution in [0.25, 0.3) is 11.1 Å². The highest BCUT2D eigenvalue weighted by Crippen LogP contribution is 2.42. The van der Waals surface area contributed by atoms with E-state index < -0.39 is 5.97 Å². The number of benzene rings is 2. The summed E-state index contributed by atoms with van der Waals surface area (Å²) in [7, 11) is 1.75. The lowest BCUT2D eigenvalue weighted by Crippen LogP contribution is -2.14. The zero-order valence-corrected chi connectivity index (χ0v) is 17.2. The summed E-state index contributed by atoms with van der Waals surface area (Å²) in [4.78, 5) is 23.1. The highest BCUT2D eigenvalue weighted by atomic mass is 16.5. The molecule has 0 fully saturated rings. The summed E-state index contributed by atoms with van der Waals surface area (Å²) in [6.07, 6.45) is 3.52. The number of carboxylic acid groups (broad SMARTS) is 1. The molecule has 1 aliphatic carbocycles. The molecule has 1 aromatic heterocycles. The van der Waals surface area contributed by atoms with E-state index in [1.54, 1.807) is 23.9 Å². The highest BCUT2D eigenvalue weighted by Gasteiger charge is 2.29. The van der Waals surface area contributed by atoms with Crippen molar-refractivity contribution in [1.29, 1.82) is 0 Å². The molecule has 5 rings (SSSR count). The molecule has 6 heteroatoms. The lowest BCUT2D eigenvalue weighted by atomic mass is 9.97. The van der Waals surface area contributed by atoms with Crippen LogP contribution in [-0.2, 0) is 18.3 Å². The lowest BCUT2D eigenvalue weighted by Gasteiger charge is -2.16. The minimum atomic E-state index is -0.823. The second-order valence-corrected chi connectivity index (χ2v) is 8.19. The van der Waals surface area contributed by atoms with Crippen LogP contribution < -0.4 is 15.0 Å². The Morgan fingerprint density at radius 3 is 2.87 bits per heavy atom. The number of pyridine rings is 1. The molecule has 2 aromatic carbocycles. The summed E-state index contributed by atoms with van der Waals surface area (Å²) in [5.74, 6) is 0.480. The van der Waals surface area contributed by atoms with Gasteiger partial charge in [0.15, 0.2) is 0 Å². The van der Waals surface area contributed by atoms with Crippen molar-refractivity contribution >= 4 is 5.97 Å². The summed E-state index contributed by atoms with van der Waals surface area (Å²) in [5, 5.41) is 9.07. The first-order valence-electron chi connectivity index (χ1n) is 10.4. The fourth-order valence-electron chi connectivity index (χ4n) is 4.60. The van der Waals surface area contributed by atoms with E-state index >= 15 is 0 Å². The summed E-state index contributed by atoms with van der Waals surface area (Å²) < 4.78 is 13.6. The molecule has 1 unspecified atom stereocenters. The van der Waals surface area contributed by atoms with Gasteiger partial charge in [0.25, 0.3) is 5.56 Å². The molecule has 2 heterocycles. The fourth-order valence-corrected chi connectivity index (χ4v) is 4.60. The van der Waals surface area contributed by atoms with Gasteiger partial charge in [-0.15, -0.1) is 0 Å². The Hall–Kier alpha value is -3.54. The standard InChI is InChI=1S/C25H23NO5/c1-26-10-9-15(11-24(26)27)18-3-2-4-21-20(18)7-8-22(21)31-17-5-6-19-16(12-25(28)29)14-30-23(19)13-17/h2-6,9-11,13,16,22H,7-8,12,14H2,1H3,(H,28,29)/t16?,22-/m1/s1. The Bertz CT molecular complexity index is 1230. The Morgan fingerprint density at radius 2 is 2.06 bits per heavy atom. The SMILES string of the molecule is Cn1ccc(-c2cccc3c2CC[C@H]3Oc2ccc3c(c2)OCC3CC(=O)O)cc1=O. The number of nitrogens with zero attached hydrogens (tertiary/aromatic N) is 1. The number of aromatic nitrogens is 1. The molecule has 0 saturated heterocycles. The average Bonchev–Trinajstić information content (AvgIpc) is 3.34. The first-order valence-corrected chi connectivity index (χ1v) is 10.4. The smallest absolute Gasteiger partial charge is 0.304 e. The number of hydrogen-bond acceptors (Lipinski definition) is 4. The second-order valence-electron chi connectivity index (χ2n) is 8.19. The molecule has 0 amide bonds. The maximum atomic E-state index is 12.1. The Labute approximate surface area is 179 Å². The van der Waals surface area contributed by atoms with Gasteiger partial charge in [-0.1, -0.05) is 24.3 Å². The van der Waals surface area contributed by atoms with E-state index in [0.717, 1.165) is 35.1 Å². The molecular formula is C25H23NO5. The molecule has 6 nitrogen and oxygen atoms in total. The van der Waals surface area contributed by atoms with Gasteiger partial charge in [0, 0.05) is 36.9 Å². The molecule has 0 radical (unpaired) electrons. The summed E-state index contributed by atoms with van der Waals surface area (Å²) in [5.41, 5.74) is 5.27. The fraction of sp³-hybridized carbons (Fsp3) is 0.280. The number of aryl methyl sites for hydroxylation is 1. The van der Waals surface area contributed by atoms with E-state index in [2.05, 4.69) is 12.1 Å². The number of ether oxygens (including phenoxy) is 2. The van der Waals surface area contributed by atoms with E-state index in [1.807, 2.05) is 30.3 Å². The van der Waals surface area contributed by atoms with Gasteiger partial charge in [-0.2, -0.15) is 0 Å². The van der Waals surface area contributed by atoms with Crippen molar-refractivity contribution in [3.63, 3.8) is 0 Å². The lowest BCUT2D eigenvalue weighted by molar-refractivity contribution is -0.137. The Balaban J connectivity index is 1.40. The molecular weight excluding hydrogens is 394 g/mol. The minimum absolute atomic E-state index is 0.0276. The topological polar surface area (TPSA) is 77.8 Å². The Kier molecular flexibility index (Phi) is 4.77. The number of carbonyl (C=O) groups is 1. The third kappa shape index (κ3) is 3.58. The van der Waals surface area contributed by atoms with Gasteiger partial charge in [-0.3, -0.25) is 9.59 Å². The molecule has 2 atom stereocenters. The van der Waals surface area contributed by atoms with Gasteiger partial charge in [0.05, 0.1) is 13.0 Å². The van der Waals surface area contributed by atoms with Gasteiger partial charge in [0.2, 0.25) is 0 Å². The summed E-state index contributed by atoms with van der Waals surface area (Å²) in [6.45, 7) is 0.386. The molecule has 0 saturated carbocycles. The molecule has 2 aliphatic rings. The van der Waals surface area contributed by atoms with Crippen molar-refractivity contribution in [3.05, 3.63) is 81.8 Å².